The van der Waals surface area contributed by atoms with Gasteiger partial charge in [0.25, 0.3) is 0 Å². The molecule has 1 aromatic carbocycles. The number of aliphatic imine (C=N–C) groups is 1. The third-order valence-corrected chi connectivity index (χ3v) is 7.83. The molecule has 1 fully saturated rings. The van der Waals surface area contributed by atoms with Crippen molar-refractivity contribution >= 4 is 28.8 Å². The number of aryl methyl sites for hydroxylation is 1. The van der Waals surface area contributed by atoms with E-state index in [2.05, 4.69) is 16.8 Å². The molecule has 1 atom stereocenters. The van der Waals surface area contributed by atoms with Gasteiger partial charge in [0.2, 0.25) is 5.91 Å². The summed E-state index contributed by atoms with van der Waals surface area (Å²) in [5.41, 5.74) is 4.16. The van der Waals surface area contributed by atoms with E-state index >= 15 is 0 Å². The number of rotatable bonds is 6. The molecule has 3 heterocycles. The summed E-state index contributed by atoms with van der Waals surface area (Å²) in [7, 11) is 4.04. The third-order valence-electron chi connectivity index (χ3n) is 6.94. The molecule has 3 aliphatic rings. The van der Waals surface area contributed by atoms with E-state index in [0.29, 0.717) is 17.9 Å². The van der Waals surface area contributed by atoms with Gasteiger partial charge < -0.3 is 19.4 Å². The number of allylic oxidation sites excluding steroid dienone is 1. The lowest BCUT2D eigenvalue weighted by Crippen LogP contribution is -2.45. The molecule has 8 heteroatoms. The fourth-order valence-electron chi connectivity index (χ4n) is 4.89. The molecule has 1 amide bonds. The number of hydrogen-bond donors (Lipinski definition) is 0. The van der Waals surface area contributed by atoms with Crippen molar-refractivity contribution in [2.45, 2.75) is 52.1 Å². The van der Waals surface area contributed by atoms with Crippen molar-refractivity contribution in [1.29, 1.82) is 0 Å². The minimum atomic E-state index is -0.379. The highest BCUT2D eigenvalue weighted by Gasteiger charge is 2.42. The number of piperidine rings is 1. The number of esters is 1. The fourth-order valence-corrected chi connectivity index (χ4v) is 5.86. The van der Waals surface area contributed by atoms with Crippen LogP contribution in [0.2, 0.25) is 0 Å². The molecule has 0 bridgehead atoms. The lowest BCUT2D eigenvalue weighted by Gasteiger charge is -2.38. The summed E-state index contributed by atoms with van der Waals surface area (Å²) in [6.07, 6.45) is 2.25. The van der Waals surface area contributed by atoms with E-state index in [1.54, 1.807) is 0 Å². The minimum absolute atomic E-state index is 0.0927. The van der Waals surface area contributed by atoms with Crippen molar-refractivity contribution in [3.63, 3.8) is 0 Å². The molecule has 1 aromatic rings. The van der Waals surface area contributed by atoms with Gasteiger partial charge in [-0.15, -0.1) is 0 Å². The molecule has 0 aliphatic carbocycles. The number of fused-ring (bicyclic) bond motifs is 1. The van der Waals surface area contributed by atoms with Crippen molar-refractivity contribution in [3.8, 4) is 0 Å². The largest absolute Gasteiger partial charge is 0.463 e. The molecule has 1 saturated heterocycles. The number of amidine groups is 1. The van der Waals surface area contributed by atoms with Gasteiger partial charge in [-0.2, -0.15) is 0 Å². The van der Waals surface area contributed by atoms with E-state index in [0.717, 1.165) is 47.9 Å². The standard InChI is InChI=1S/C26H34N4O3S/c1-6-33-25(32)23-18(3)27-26-30(24(23)21-10-8-7-9-17(21)2)20(16-34-26)15-22(31)29(5)19-11-13-28(4)14-12-19/h7-10,16,19,24H,6,11-15H2,1-5H3/t24-/m0/s1. The Morgan fingerprint density at radius 3 is 2.59 bits per heavy atom. The highest BCUT2D eigenvalue weighted by atomic mass is 32.2. The summed E-state index contributed by atoms with van der Waals surface area (Å²) in [6.45, 7) is 8.02. The molecule has 34 heavy (non-hydrogen) atoms. The lowest BCUT2D eigenvalue weighted by molar-refractivity contribution is -0.139. The zero-order chi connectivity index (χ0) is 24.4. The number of benzene rings is 1. The van der Waals surface area contributed by atoms with E-state index in [9.17, 15) is 9.59 Å². The van der Waals surface area contributed by atoms with Gasteiger partial charge in [-0.1, -0.05) is 36.0 Å². The summed E-state index contributed by atoms with van der Waals surface area (Å²) in [5.74, 6) is -0.266. The normalized spacial score (nSPS) is 21.2. The number of thioether (sulfide) groups is 1. The van der Waals surface area contributed by atoms with Crippen LogP contribution in [0.25, 0.3) is 0 Å². The Kier molecular flexibility index (Phi) is 7.48. The first-order valence-corrected chi connectivity index (χ1v) is 12.8. The number of nitrogens with zero attached hydrogens (tertiary/aromatic N) is 4. The lowest BCUT2D eigenvalue weighted by atomic mass is 9.91. The Morgan fingerprint density at radius 1 is 1.21 bits per heavy atom. The highest BCUT2D eigenvalue weighted by Crippen LogP contribution is 2.45. The molecule has 0 saturated carbocycles. The molecular formula is C26H34N4O3S. The van der Waals surface area contributed by atoms with Crippen LogP contribution in [0.5, 0.6) is 0 Å². The van der Waals surface area contributed by atoms with Crippen LogP contribution in [-0.2, 0) is 14.3 Å². The topological polar surface area (TPSA) is 65.5 Å². The summed E-state index contributed by atoms with van der Waals surface area (Å²) in [6, 6.07) is 7.95. The number of likely N-dealkylation sites (tertiary alicyclic amines) is 1. The maximum absolute atomic E-state index is 13.3. The molecule has 0 spiro atoms. The Hall–Kier alpha value is -2.58. The van der Waals surface area contributed by atoms with Crippen molar-refractivity contribution in [2.24, 2.45) is 4.99 Å². The van der Waals surface area contributed by atoms with Gasteiger partial charge in [0.15, 0.2) is 5.17 Å². The second-order valence-electron chi connectivity index (χ2n) is 9.19. The number of hydrogen-bond acceptors (Lipinski definition) is 7. The second-order valence-corrected chi connectivity index (χ2v) is 10.0. The van der Waals surface area contributed by atoms with Crippen molar-refractivity contribution < 1.29 is 14.3 Å². The quantitative estimate of drug-likeness (QED) is 0.570. The van der Waals surface area contributed by atoms with Gasteiger partial charge >= 0.3 is 5.97 Å². The molecule has 3 aliphatic heterocycles. The van der Waals surface area contributed by atoms with E-state index in [1.165, 1.54) is 11.8 Å². The number of carbonyl (C=O) groups excluding carboxylic acids is 2. The van der Waals surface area contributed by atoms with Gasteiger partial charge in [-0.25, -0.2) is 9.79 Å². The predicted octanol–water partition coefficient (Wildman–Crippen LogP) is 4.08. The van der Waals surface area contributed by atoms with Gasteiger partial charge in [-0.05, 0) is 70.3 Å². The van der Waals surface area contributed by atoms with Gasteiger partial charge in [0, 0.05) is 18.8 Å². The highest BCUT2D eigenvalue weighted by molar-refractivity contribution is 8.16. The van der Waals surface area contributed by atoms with E-state index in [1.807, 2.05) is 62.4 Å². The first kappa shape index (κ1) is 24.5. The average Bonchev–Trinajstić information content (AvgIpc) is 3.20. The average molecular weight is 483 g/mol. The van der Waals surface area contributed by atoms with Crippen molar-refractivity contribution in [2.75, 3.05) is 33.8 Å². The summed E-state index contributed by atoms with van der Waals surface area (Å²) in [5, 5.41) is 2.80. The molecule has 4 rings (SSSR count). The van der Waals surface area contributed by atoms with E-state index in [4.69, 9.17) is 9.73 Å². The predicted molar refractivity (Wildman–Crippen MR) is 136 cm³/mol. The van der Waals surface area contributed by atoms with Crippen molar-refractivity contribution in [1.82, 2.24) is 14.7 Å². The SMILES string of the molecule is CCOC(=O)C1=C(C)N=C2SC=C(CC(=O)N(C)C3CCN(C)CC3)N2[C@H]1c1ccccc1C. The Bertz CT molecular complexity index is 1060. The van der Waals surface area contributed by atoms with Crippen LogP contribution in [0.1, 0.15) is 50.3 Å². The van der Waals surface area contributed by atoms with Crippen LogP contribution in [0.3, 0.4) is 0 Å². The third kappa shape index (κ3) is 4.79. The number of ether oxygens (including phenoxy) is 1. The molecule has 182 valence electrons. The number of amides is 1. The smallest absolute Gasteiger partial charge is 0.338 e. The zero-order valence-corrected chi connectivity index (χ0v) is 21.5. The summed E-state index contributed by atoms with van der Waals surface area (Å²) in [4.78, 5) is 37.4. The van der Waals surface area contributed by atoms with Crippen LogP contribution in [0.4, 0.5) is 0 Å². The van der Waals surface area contributed by atoms with Gasteiger partial charge in [-0.3, -0.25) is 4.79 Å². The van der Waals surface area contributed by atoms with Crippen LogP contribution >= 0.6 is 11.8 Å². The van der Waals surface area contributed by atoms with Crippen molar-refractivity contribution in [3.05, 3.63) is 57.8 Å². The molecular weight excluding hydrogens is 448 g/mol. The Labute approximate surface area is 206 Å². The monoisotopic (exact) mass is 482 g/mol. The van der Waals surface area contributed by atoms with Gasteiger partial charge in [0.1, 0.15) is 0 Å². The van der Waals surface area contributed by atoms with Crippen LogP contribution in [0.15, 0.2) is 51.6 Å². The Balaban J connectivity index is 1.64. The first-order chi connectivity index (χ1) is 16.3. The number of carbonyl (C=O) groups is 2. The second kappa shape index (κ2) is 10.4. The Morgan fingerprint density at radius 2 is 1.91 bits per heavy atom. The summed E-state index contributed by atoms with van der Waals surface area (Å²) >= 11 is 1.51. The molecule has 7 nitrogen and oxygen atoms in total. The van der Waals surface area contributed by atoms with Crippen LogP contribution < -0.4 is 0 Å². The van der Waals surface area contributed by atoms with E-state index in [-0.39, 0.29) is 30.4 Å². The summed E-state index contributed by atoms with van der Waals surface area (Å²) < 4.78 is 5.44. The van der Waals surface area contributed by atoms with Gasteiger partial charge in [0.05, 0.1) is 30.3 Å². The van der Waals surface area contributed by atoms with E-state index < -0.39 is 0 Å². The molecule has 0 radical (unpaired) electrons. The molecule has 0 N–H and O–H groups in total. The first-order valence-electron chi connectivity index (χ1n) is 11.9. The zero-order valence-electron chi connectivity index (χ0n) is 20.7. The van der Waals surface area contributed by atoms with Crippen LogP contribution in [-0.4, -0.2) is 71.6 Å². The fraction of sp³-hybridized carbons (Fsp3) is 0.500. The molecule has 0 unspecified atom stereocenters. The maximum atomic E-state index is 13.3. The van der Waals surface area contributed by atoms with Crippen LogP contribution in [0, 0.1) is 6.92 Å². The molecule has 0 aromatic heterocycles. The minimum Gasteiger partial charge on any atom is -0.463 e. The maximum Gasteiger partial charge on any atom is 0.338 e.